The van der Waals surface area contributed by atoms with E-state index in [-0.39, 0.29) is 23.0 Å². The average molecular weight is 262 g/mol. The summed E-state index contributed by atoms with van der Waals surface area (Å²) in [6.45, 7) is 0. The van der Waals surface area contributed by atoms with Crippen LogP contribution in [0, 0.1) is 0 Å². The molecule has 0 aliphatic heterocycles. The lowest BCUT2D eigenvalue weighted by atomic mass is 9.85. The number of rotatable bonds is 4. The average Bonchev–Trinajstić information content (AvgIpc) is 3.19. The number of carbonyl (C=O) groups is 2. The van der Waals surface area contributed by atoms with Crippen molar-refractivity contribution in [3.05, 3.63) is 22.6 Å². The van der Waals surface area contributed by atoms with Crippen LogP contribution in [0.4, 0.5) is 0 Å². The largest absolute Gasteiger partial charge is 0.478 e. The van der Waals surface area contributed by atoms with Crippen molar-refractivity contribution in [1.29, 1.82) is 0 Å². The number of hydrogen-bond acceptors (Lipinski definition) is 3. The summed E-state index contributed by atoms with van der Waals surface area (Å²) in [5, 5.41) is 9.40. The van der Waals surface area contributed by atoms with Crippen LogP contribution in [-0.4, -0.2) is 17.4 Å². The predicted octanol–water partition coefficient (Wildman–Crippen LogP) is 3.72. The third-order valence-electron chi connectivity index (χ3n) is 4.26. The third kappa shape index (κ3) is 2.20. The molecule has 2 aliphatic carbocycles. The lowest BCUT2D eigenvalue weighted by Gasteiger charge is -2.20. The molecule has 0 unspecified atom stereocenters. The van der Waals surface area contributed by atoms with Crippen LogP contribution in [0.25, 0.3) is 0 Å². The van der Waals surface area contributed by atoms with Crippen LogP contribution in [0.15, 0.2) is 4.42 Å². The molecule has 2 aliphatic rings. The molecule has 2 saturated carbocycles. The number of carboxylic acid groups (broad SMARTS) is 1. The van der Waals surface area contributed by atoms with Gasteiger partial charge < -0.3 is 9.52 Å². The van der Waals surface area contributed by atoms with Crippen LogP contribution in [0.1, 0.15) is 89.0 Å². The summed E-state index contributed by atoms with van der Waals surface area (Å²) >= 11 is 0. The van der Waals surface area contributed by atoms with Gasteiger partial charge in [-0.05, 0) is 25.7 Å². The van der Waals surface area contributed by atoms with Gasteiger partial charge in [0, 0.05) is 11.8 Å². The topological polar surface area (TPSA) is 67.5 Å². The quantitative estimate of drug-likeness (QED) is 0.840. The highest BCUT2D eigenvalue weighted by molar-refractivity contribution is 5.99. The Kier molecular flexibility index (Phi) is 3.17. The third-order valence-corrected chi connectivity index (χ3v) is 4.26. The zero-order valence-corrected chi connectivity index (χ0v) is 10.9. The van der Waals surface area contributed by atoms with E-state index in [9.17, 15) is 14.7 Å². The molecule has 0 saturated heterocycles. The highest BCUT2D eigenvalue weighted by atomic mass is 16.4. The van der Waals surface area contributed by atoms with Gasteiger partial charge in [-0.2, -0.15) is 0 Å². The molecule has 4 heteroatoms. The van der Waals surface area contributed by atoms with E-state index in [0.717, 1.165) is 38.5 Å². The number of aromatic carboxylic acids is 1. The Balaban J connectivity index is 2.05. The van der Waals surface area contributed by atoms with Gasteiger partial charge in [0.25, 0.3) is 0 Å². The summed E-state index contributed by atoms with van der Waals surface area (Å²) in [7, 11) is 0. The molecule has 1 N–H and O–H groups in total. The lowest BCUT2D eigenvalue weighted by molar-refractivity contribution is 0.0690. The summed E-state index contributed by atoms with van der Waals surface area (Å²) in [5.41, 5.74) is 0.416. The minimum absolute atomic E-state index is 0.129. The van der Waals surface area contributed by atoms with Gasteiger partial charge in [-0.3, -0.25) is 4.79 Å². The second kappa shape index (κ2) is 4.83. The number of carboxylic acids is 1. The summed E-state index contributed by atoms with van der Waals surface area (Å²) < 4.78 is 5.85. The monoisotopic (exact) mass is 262 g/mol. The summed E-state index contributed by atoms with van der Waals surface area (Å²) in [5.74, 6) is 0.573. The van der Waals surface area contributed by atoms with Crippen molar-refractivity contribution in [2.45, 2.75) is 56.8 Å². The van der Waals surface area contributed by atoms with Crippen LogP contribution in [0.2, 0.25) is 0 Å². The van der Waals surface area contributed by atoms with Gasteiger partial charge in [0.1, 0.15) is 17.1 Å². The molecule has 2 fully saturated rings. The van der Waals surface area contributed by atoms with Crippen LogP contribution in [0.3, 0.4) is 0 Å². The highest BCUT2D eigenvalue weighted by Crippen LogP contribution is 2.46. The molecule has 102 valence electrons. The maximum atomic E-state index is 11.5. The van der Waals surface area contributed by atoms with Gasteiger partial charge in [-0.1, -0.05) is 19.3 Å². The second-order valence-electron chi connectivity index (χ2n) is 5.65. The van der Waals surface area contributed by atoms with Crippen LogP contribution >= 0.6 is 0 Å². The Hall–Kier alpha value is -1.58. The molecule has 0 amide bonds. The zero-order valence-electron chi connectivity index (χ0n) is 10.9. The first kappa shape index (κ1) is 12.5. The van der Waals surface area contributed by atoms with E-state index in [1.54, 1.807) is 0 Å². The molecule has 1 aromatic heterocycles. The van der Waals surface area contributed by atoms with E-state index in [4.69, 9.17) is 4.42 Å². The van der Waals surface area contributed by atoms with Crippen LogP contribution in [-0.2, 0) is 0 Å². The van der Waals surface area contributed by atoms with E-state index < -0.39 is 5.97 Å². The molecule has 0 atom stereocenters. The molecule has 0 bridgehead atoms. The van der Waals surface area contributed by atoms with Crippen molar-refractivity contribution in [2.24, 2.45) is 0 Å². The van der Waals surface area contributed by atoms with Gasteiger partial charge in [0.05, 0.1) is 5.56 Å². The SMILES string of the molecule is O=Cc1c(C2CC2)oc(C2CCCCC2)c1C(=O)O. The first-order valence-electron chi connectivity index (χ1n) is 7.07. The predicted molar refractivity (Wildman–Crippen MR) is 68.9 cm³/mol. The van der Waals surface area contributed by atoms with Gasteiger partial charge >= 0.3 is 5.97 Å². The van der Waals surface area contributed by atoms with Gasteiger partial charge in [0.2, 0.25) is 0 Å². The lowest BCUT2D eigenvalue weighted by Crippen LogP contribution is -2.09. The standard InChI is InChI=1S/C15H18O4/c16-8-11-12(15(17)18)14(9-4-2-1-3-5-9)19-13(11)10-6-7-10/h8-10H,1-7H2,(H,17,18). The normalized spacial score (nSPS) is 20.4. The Morgan fingerprint density at radius 3 is 2.21 bits per heavy atom. The second-order valence-corrected chi connectivity index (χ2v) is 5.65. The fraction of sp³-hybridized carbons (Fsp3) is 0.600. The summed E-state index contributed by atoms with van der Waals surface area (Å²) in [6.07, 6.45) is 8.02. The Morgan fingerprint density at radius 1 is 1.05 bits per heavy atom. The first-order valence-corrected chi connectivity index (χ1v) is 7.07. The van der Waals surface area contributed by atoms with Crippen molar-refractivity contribution >= 4 is 12.3 Å². The van der Waals surface area contributed by atoms with E-state index in [2.05, 4.69) is 0 Å². The zero-order chi connectivity index (χ0) is 13.4. The summed E-state index contributed by atoms with van der Waals surface area (Å²) in [4.78, 5) is 22.7. The smallest absolute Gasteiger partial charge is 0.340 e. The van der Waals surface area contributed by atoms with Gasteiger partial charge in [-0.25, -0.2) is 4.79 Å². The van der Waals surface area contributed by atoms with Crippen LogP contribution in [0.5, 0.6) is 0 Å². The molecule has 19 heavy (non-hydrogen) atoms. The Morgan fingerprint density at radius 2 is 1.68 bits per heavy atom. The molecule has 4 nitrogen and oxygen atoms in total. The fourth-order valence-electron chi connectivity index (χ4n) is 3.12. The minimum atomic E-state index is -1.03. The number of hydrogen-bond donors (Lipinski definition) is 1. The number of aldehydes is 1. The maximum Gasteiger partial charge on any atom is 0.340 e. The molecular formula is C15H18O4. The fourth-order valence-corrected chi connectivity index (χ4v) is 3.12. The van der Waals surface area contributed by atoms with E-state index in [0.29, 0.717) is 17.8 Å². The van der Waals surface area contributed by atoms with Gasteiger partial charge in [0.15, 0.2) is 6.29 Å². The first-order chi connectivity index (χ1) is 9.22. The molecule has 0 spiro atoms. The number of furan rings is 1. The van der Waals surface area contributed by atoms with Crippen molar-refractivity contribution < 1.29 is 19.1 Å². The van der Waals surface area contributed by atoms with Gasteiger partial charge in [-0.15, -0.1) is 0 Å². The Labute approximate surface area is 111 Å². The van der Waals surface area contributed by atoms with Crippen molar-refractivity contribution in [3.8, 4) is 0 Å². The van der Waals surface area contributed by atoms with Crippen molar-refractivity contribution in [2.75, 3.05) is 0 Å². The molecule has 1 heterocycles. The molecule has 1 aromatic rings. The molecule has 3 rings (SSSR count). The molecule has 0 radical (unpaired) electrons. The molecule has 0 aromatic carbocycles. The summed E-state index contributed by atoms with van der Waals surface area (Å²) in [6, 6.07) is 0. The Bertz CT molecular complexity index is 504. The van der Waals surface area contributed by atoms with E-state index in [1.807, 2.05) is 0 Å². The van der Waals surface area contributed by atoms with Crippen molar-refractivity contribution in [3.63, 3.8) is 0 Å². The van der Waals surface area contributed by atoms with Crippen LogP contribution < -0.4 is 0 Å². The van der Waals surface area contributed by atoms with E-state index >= 15 is 0 Å². The maximum absolute atomic E-state index is 11.5. The highest BCUT2D eigenvalue weighted by Gasteiger charge is 2.37. The van der Waals surface area contributed by atoms with E-state index in [1.165, 1.54) is 6.42 Å². The molecular weight excluding hydrogens is 244 g/mol. The number of carbonyl (C=O) groups excluding carboxylic acids is 1. The van der Waals surface area contributed by atoms with Crippen molar-refractivity contribution in [1.82, 2.24) is 0 Å². The minimum Gasteiger partial charge on any atom is -0.478 e.